The molecule has 90 valence electrons. The summed E-state index contributed by atoms with van der Waals surface area (Å²) in [6.07, 6.45) is 5.91. The lowest BCUT2D eigenvalue weighted by molar-refractivity contribution is 0.323. The van der Waals surface area contributed by atoms with E-state index >= 15 is 0 Å². The molecule has 1 aliphatic heterocycles. The maximum Gasteiger partial charge on any atom is 0.0870 e. The number of hydrogen-bond acceptors (Lipinski definition) is 2. The zero-order chi connectivity index (χ0) is 11.5. The van der Waals surface area contributed by atoms with Gasteiger partial charge in [-0.25, -0.2) is 0 Å². The predicted octanol–water partition coefficient (Wildman–Crippen LogP) is 4.06. The van der Waals surface area contributed by atoms with Crippen molar-refractivity contribution in [2.24, 2.45) is 5.92 Å². The fraction of sp³-hybridized carbons (Fsp3) is 0.714. The van der Waals surface area contributed by atoms with Crippen molar-refractivity contribution in [3.63, 3.8) is 0 Å². The molecule has 1 nitrogen and oxygen atoms in total. The summed E-state index contributed by atoms with van der Waals surface area (Å²) in [7, 11) is 0. The number of hydrogen-bond donors (Lipinski definition) is 0. The molecule has 3 atom stereocenters. The van der Waals surface area contributed by atoms with E-state index in [1.165, 1.54) is 35.4 Å². The molecule has 2 rings (SSSR count). The average molecular weight is 238 g/mol. The van der Waals surface area contributed by atoms with Crippen molar-refractivity contribution in [1.82, 2.24) is 0 Å². The maximum atomic E-state index is 5.66. The SMILES string of the molecule is CCCc1ccc(CC(C)C2OC2CC)s1. The quantitative estimate of drug-likeness (QED) is 0.681. The summed E-state index contributed by atoms with van der Waals surface area (Å²) in [4.78, 5) is 3.06. The van der Waals surface area contributed by atoms with Crippen LogP contribution in [0.4, 0.5) is 0 Å². The van der Waals surface area contributed by atoms with E-state index in [0.29, 0.717) is 18.1 Å². The Kier molecular flexibility index (Phi) is 4.04. The van der Waals surface area contributed by atoms with Crippen LogP contribution in [-0.2, 0) is 17.6 Å². The molecule has 16 heavy (non-hydrogen) atoms. The summed E-state index contributed by atoms with van der Waals surface area (Å²) in [5.74, 6) is 0.679. The Bertz CT molecular complexity index is 331. The molecule has 1 saturated heterocycles. The largest absolute Gasteiger partial charge is 0.369 e. The molecule has 1 aliphatic rings. The third kappa shape index (κ3) is 2.86. The van der Waals surface area contributed by atoms with Gasteiger partial charge in [-0.2, -0.15) is 0 Å². The van der Waals surface area contributed by atoms with Gasteiger partial charge in [-0.1, -0.05) is 27.2 Å². The molecule has 1 aromatic heterocycles. The highest BCUT2D eigenvalue weighted by Gasteiger charge is 2.41. The number of epoxide rings is 1. The number of thiophene rings is 1. The monoisotopic (exact) mass is 238 g/mol. The van der Waals surface area contributed by atoms with Crippen molar-refractivity contribution in [3.8, 4) is 0 Å². The lowest BCUT2D eigenvalue weighted by Crippen LogP contribution is -2.08. The maximum absolute atomic E-state index is 5.66. The van der Waals surface area contributed by atoms with Gasteiger partial charge in [0, 0.05) is 9.75 Å². The first kappa shape index (κ1) is 12.1. The van der Waals surface area contributed by atoms with Crippen LogP contribution in [-0.4, -0.2) is 12.2 Å². The minimum absolute atomic E-state index is 0.529. The molecular formula is C14H22OS. The third-order valence-electron chi connectivity index (χ3n) is 3.32. The second-order valence-corrected chi connectivity index (χ2v) is 6.10. The fourth-order valence-electron chi connectivity index (χ4n) is 2.33. The smallest absolute Gasteiger partial charge is 0.0870 e. The van der Waals surface area contributed by atoms with Gasteiger partial charge in [0.1, 0.15) is 0 Å². The summed E-state index contributed by atoms with van der Waals surface area (Å²) >= 11 is 1.98. The molecule has 3 unspecified atom stereocenters. The number of ether oxygens (including phenoxy) is 1. The van der Waals surface area contributed by atoms with E-state index in [0.717, 1.165) is 0 Å². The first-order valence-corrected chi connectivity index (χ1v) is 7.29. The van der Waals surface area contributed by atoms with Gasteiger partial charge in [0.2, 0.25) is 0 Å². The zero-order valence-electron chi connectivity index (χ0n) is 10.5. The minimum atomic E-state index is 0.529. The van der Waals surface area contributed by atoms with Crippen LogP contribution in [0.5, 0.6) is 0 Å². The molecule has 0 bridgehead atoms. The van der Waals surface area contributed by atoms with Gasteiger partial charge in [0.25, 0.3) is 0 Å². The third-order valence-corrected chi connectivity index (χ3v) is 4.49. The Hall–Kier alpha value is -0.340. The van der Waals surface area contributed by atoms with E-state index in [2.05, 4.69) is 32.9 Å². The minimum Gasteiger partial charge on any atom is -0.369 e. The number of rotatable bonds is 6. The van der Waals surface area contributed by atoms with Gasteiger partial charge in [0.15, 0.2) is 0 Å². The summed E-state index contributed by atoms with van der Waals surface area (Å²) in [6, 6.07) is 4.59. The molecule has 0 saturated carbocycles. The first-order valence-electron chi connectivity index (χ1n) is 6.47. The van der Waals surface area contributed by atoms with Gasteiger partial charge in [-0.05, 0) is 37.3 Å². The van der Waals surface area contributed by atoms with Crippen LogP contribution in [0.25, 0.3) is 0 Å². The van der Waals surface area contributed by atoms with Crippen molar-refractivity contribution in [2.75, 3.05) is 0 Å². The summed E-state index contributed by atoms with van der Waals surface area (Å²) in [6.45, 7) is 6.77. The molecule has 0 aromatic carbocycles. The average Bonchev–Trinajstić information content (AvgIpc) is 2.95. The van der Waals surface area contributed by atoms with Crippen LogP contribution in [0.15, 0.2) is 12.1 Å². The molecule has 2 heteroatoms. The lowest BCUT2D eigenvalue weighted by atomic mass is 10.00. The Morgan fingerprint density at radius 2 is 2.06 bits per heavy atom. The summed E-state index contributed by atoms with van der Waals surface area (Å²) in [5.41, 5.74) is 0. The van der Waals surface area contributed by atoms with Crippen molar-refractivity contribution in [3.05, 3.63) is 21.9 Å². The Morgan fingerprint density at radius 3 is 2.69 bits per heavy atom. The van der Waals surface area contributed by atoms with E-state index < -0.39 is 0 Å². The molecule has 1 fully saturated rings. The summed E-state index contributed by atoms with van der Waals surface area (Å²) in [5, 5.41) is 0. The lowest BCUT2D eigenvalue weighted by Gasteiger charge is -2.05. The van der Waals surface area contributed by atoms with Crippen LogP contribution in [0.2, 0.25) is 0 Å². The Labute approximate surface area is 103 Å². The second-order valence-electron chi connectivity index (χ2n) is 4.85. The van der Waals surface area contributed by atoms with Crippen LogP contribution in [0.3, 0.4) is 0 Å². The first-order chi connectivity index (χ1) is 7.74. The molecule has 0 N–H and O–H groups in total. The van der Waals surface area contributed by atoms with Crippen molar-refractivity contribution >= 4 is 11.3 Å². The molecule has 2 heterocycles. The molecule has 0 aliphatic carbocycles. The molecule has 0 radical (unpaired) electrons. The molecular weight excluding hydrogens is 216 g/mol. The van der Waals surface area contributed by atoms with Crippen LogP contribution in [0, 0.1) is 5.92 Å². The van der Waals surface area contributed by atoms with Crippen molar-refractivity contribution in [2.45, 2.75) is 58.7 Å². The Morgan fingerprint density at radius 1 is 1.31 bits per heavy atom. The van der Waals surface area contributed by atoms with Crippen molar-refractivity contribution < 1.29 is 4.74 Å². The number of aryl methyl sites for hydroxylation is 1. The van der Waals surface area contributed by atoms with Crippen LogP contribution in [0.1, 0.15) is 43.4 Å². The Balaban J connectivity index is 1.84. The van der Waals surface area contributed by atoms with E-state index in [-0.39, 0.29) is 0 Å². The van der Waals surface area contributed by atoms with Gasteiger partial charge in [0.05, 0.1) is 12.2 Å². The van der Waals surface area contributed by atoms with Crippen LogP contribution >= 0.6 is 11.3 Å². The highest BCUT2D eigenvalue weighted by Crippen LogP contribution is 2.34. The topological polar surface area (TPSA) is 12.5 Å². The van der Waals surface area contributed by atoms with Gasteiger partial charge in [-0.3, -0.25) is 0 Å². The van der Waals surface area contributed by atoms with Gasteiger partial charge < -0.3 is 4.74 Å². The highest BCUT2D eigenvalue weighted by molar-refractivity contribution is 7.11. The molecule has 1 aromatic rings. The predicted molar refractivity (Wildman–Crippen MR) is 70.1 cm³/mol. The van der Waals surface area contributed by atoms with Crippen molar-refractivity contribution in [1.29, 1.82) is 0 Å². The van der Waals surface area contributed by atoms with E-state index in [1.54, 1.807) is 0 Å². The molecule has 0 spiro atoms. The van der Waals surface area contributed by atoms with E-state index in [4.69, 9.17) is 4.74 Å². The van der Waals surface area contributed by atoms with E-state index in [1.807, 2.05) is 11.3 Å². The highest BCUT2D eigenvalue weighted by atomic mass is 32.1. The van der Waals surface area contributed by atoms with Crippen LogP contribution < -0.4 is 0 Å². The molecule has 0 amide bonds. The van der Waals surface area contributed by atoms with Gasteiger partial charge >= 0.3 is 0 Å². The van der Waals surface area contributed by atoms with Gasteiger partial charge in [-0.15, -0.1) is 11.3 Å². The summed E-state index contributed by atoms with van der Waals surface area (Å²) < 4.78 is 5.66. The fourth-order valence-corrected chi connectivity index (χ4v) is 3.59. The van der Waals surface area contributed by atoms with E-state index in [9.17, 15) is 0 Å². The normalized spacial score (nSPS) is 25.7. The second kappa shape index (κ2) is 5.33. The standard InChI is InChI=1S/C14H22OS/c1-4-6-11-7-8-12(16-11)9-10(3)14-13(5-2)15-14/h7-8,10,13-14H,4-6,9H2,1-3H3. The zero-order valence-corrected chi connectivity index (χ0v) is 11.3.